The van der Waals surface area contributed by atoms with Gasteiger partial charge in [-0.25, -0.2) is 0 Å². The first-order chi connectivity index (χ1) is 7.65. The van der Waals surface area contributed by atoms with E-state index in [9.17, 15) is 4.79 Å². The van der Waals surface area contributed by atoms with Gasteiger partial charge >= 0.3 is 0 Å². The Hall–Kier alpha value is -1.05. The van der Waals surface area contributed by atoms with Gasteiger partial charge in [-0.05, 0) is 38.5 Å². The fourth-order valence-corrected chi connectivity index (χ4v) is 4.21. The number of hydrogen-bond acceptors (Lipinski definition) is 2. The summed E-state index contributed by atoms with van der Waals surface area (Å²) < 4.78 is 5.39. The molecule has 3 aliphatic rings. The molecule has 3 rings (SSSR count). The molecule has 0 spiro atoms. The van der Waals surface area contributed by atoms with Crippen molar-refractivity contribution in [2.24, 2.45) is 23.7 Å². The second kappa shape index (κ2) is 3.22. The van der Waals surface area contributed by atoms with Crippen LogP contribution in [0, 0.1) is 23.7 Å². The summed E-state index contributed by atoms with van der Waals surface area (Å²) in [5.41, 5.74) is 2.98. The predicted molar refractivity (Wildman–Crippen MR) is 61.7 cm³/mol. The van der Waals surface area contributed by atoms with Crippen molar-refractivity contribution in [1.29, 1.82) is 0 Å². The maximum Gasteiger partial charge on any atom is 0.163 e. The molecule has 2 heteroatoms. The lowest BCUT2D eigenvalue weighted by Crippen LogP contribution is -2.24. The Bertz CT molecular complexity index is 412. The van der Waals surface area contributed by atoms with E-state index in [1.165, 1.54) is 18.4 Å². The number of hydrogen-bond donors (Lipinski definition) is 0. The summed E-state index contributed by atoms with van der Waals surface area (Å²) in [4.78, 5) is 12.0. The van der Waals surface area contributed by atoms with E-state index in [1.807, 2.05) is 0 Å². The summed E-state index contributed by atoms with van der Waals surface area (Å²) in [6, 6.07) is 0. The minimum atomic E-state index is 0.207. The van der Waals surface area contributed by atoms with Gasteiger partial charge in [-0.3, -0.25) is 4.79 Å². The van der Waals surface area contributed by atoms with E-state index in [1.54, 1.807) is 18.8 Å². The third kappa shape index (κ3) is 1.05. The first-order valence-electron chi connectivity index (χ1n) is 6.12. The molecule has 0 aromatic carbocycles. The molecule has 0 radical (unpaired) electrons. The highest BCUT2D eigenvalue weighted by molar-refractivity contribution is 5.96. The van der Waals surface area contributed by atoms with Gasteiger partial charge in [-0.2, -0.15) is 0 Å². The molecule has 4 atom stereocenters. The zero-order valence-electron chi connectivity index (χ0n) is 10.1. The van der Waals surface area contributed by atoms with E-state index in [0.29, 0.717) is 23.5 Å². The maximum absolute atomic E-state index is 12.0. The average Bonchev–Trinajstić information content (AvgIpc) is 2.87. The van der Waals surface area contributed by atoms with Crippen LogP contribution in [0.3, 0.4) is 0 Å². The SMILES string of the molecule is COC1=CC(=O)[C@H]2[C@H]1[C@H]1CC[C@H]2C1=C(C)C. The number of carbonyl (C=O) groups excluding carboxylic acids is 1. The van der Waals surface area contributed by atoms with E-state index >= 15 is 0 Å². The lowest BCUT2D eigenvalue weighted by Gasteiger charge is -2.24. The Kier molecular flexibility index (Phi) is 2.04. The van der Waals surface area contributed by atoms with Gasteiger partial charge in [0, 0.05) is 17.9 Å². The quantitative estimate of drug-likeness (QED) is 0.632. The first kappa shape index (κ1) is 10.1. The van der Waals surface area contributed by atoms with E-state index in [0.717, 1.165) is 5.76 Å². The van der Waals surface area contributed by atoms with E-state index in [2.05, 4.69) is 13.8 Å². The third-order valence-electron chi connectivity index (χ3n) is 4.60. The minimum absolute atomic E-state index is 0.207. The highest BCUT2D eigenvalue weighted by Gasteiger charge is 2.58. The summed E-state index contributed by atoms with van der Waals surface area (Å²) >= 11 is 0. The maximum atomic E-state index is 12.0. The summed E-state index contributed by atoms with van der Waals surface area (Å²) in [6.45, 7) is 4.37. The van der Waals surface area contributed by atoms with Crippen LogP contribution in [0.4, 0.5) is 0 Å². The van der Waals surface area contributed by atoms with Crippen molar-refractivity contribution in [3.05, 3.63) is 23.0 Å². The Morgan fingerprint density at radius 2 is 1.88 bits per heavy atom. The molecule has 3 aliphatic carbocycles. The molecule has 0 aromatic rings. The molecular formula is C14H18O2. The molecule has 86 valence electrons. The lowest BCUT2D eigenvalue weighted by atomic mass is 9.80. The normalized spacial score (nSPS) is 40.1. The number of methoxy groups -OCH3 is 1. The van der Waals surface area contributed by atoms with Crippen LogP contribution in [0.15, 0.2) is 23.0 Å². The zero-order chi connectivity index (χ0) is 11.4. The second-order valence-electron chi connectivity index (χ2n) is 5.45. The monoisotopic (exact) mass is 218 g/mol. The van der Waals surface area contributed by atoms with Gasteiger partial charge in [0.15, 0.2) is 5.78 Å². The Morgan fingerprint density at radius 1 is 1.25 bits per heavy atom. The summed E-state index contributed by atoms with van der Waals surface area (Å²) in [6.07, 6.45) is 4.17. The van der Waals surface area contributed by atoms with Gasteiger partial charge in [0.05, 0.1) is 7.11 Å². The Morgan fingerprint density at radius 3 is 2.44 bits per heavy atom. The largest absolute Gasteiger partial charge is 0.501 e. The van der Waals surface area contributed by atoms with Gasteiger partial charge in [0.2, 0.25) is 0 Å². The third-order valence-corrected chi connectivity index (χ3v) is 4.60. The number of ether oxygens (including phenoxy) is 1. The second-order valence-corrected chi connectivity index (χ2v) is 5.45. The highest BCUT2D eigenvalue weighted by Crippen LogP contribution is 2.61. The van der Waals surface area contributed by atoms with Gasteiger partial charge in [-0.15, -0.1) is 0 Å². The van der Waals surface area contributed by atoms with Crippen molar-refractivity contribution in [2.45, 2.75) is 26.7 Å². The van der Waals surface area contributed by atoms with Gasteiger partial charge in [-0.1, -0.05) is 11.1 Å². The van der Waals surface area contributed by atoms with Crippen LogP contribution in [0.5, 0.6) is 0 Å². The van der Waals surface area contributed by atoms with Crippen molar-refractivity contribution in [2.75, 3.05) is 7.11 Å². The molecular weight excluding hydrogens is 200 g/mol. The molecule has 0 aromatic heterocycles. The average molecular weight is 218 g/mol. The zero-order valence-corrected chi connectivity index (χ0v) is 10.1. The number of ketones is 1. The first-order valence-corrected chi connectivity index (χ1v) is 6.12. The van der Waals surface area contributed by atoms with Crippen LogP contribution in [-0.4, -0.2) is 12.9 Å². The van der Waals surface area contributed by atoms with Crippen molar-refractivity contribution in [3.63, 3.8) is 0 Å². The summed E-state index contributed by atoms with van der Waals surface area (Å²) in [5, 5.41) is 0. The fourth-order valence-electron chi connectivity index (χ4n) is 4.21. The lowest BCUT2D eigenvalue weighted by molar-refractivity contribution is -0.119. The van der Waals surface area contributed by atoms with Crippen LogP contribution in [-0.2, 0) is 9.53 Å². The van der Waals surface area contributed by atoms with Gasteiger partial charge in [0.25, 0.3) is 0 Å². The molecule has 0 saturated heterocycles. The van der Waals surface area contributed by atoms with Crippen molar-refractivity contribution >= 4 is 5.78 Å². The molecule has 0 amide bonds. The molecule has 0 unspecified atom stereocenters. The van der Waals surface area contributed by atoms with Crippen LogP contribution in [0.25, 0.3) is 0 Å². The Balaban J connectivity index is 2.07. The topological polar surface area (TPSA) is 26.3 Å². The predicted octanol–water partition coefficient (Wildman–Crippen LogP) is 2.71. The van der Waals surface area contributed by atoms with E-state index < -0.39 is 0 Å². The van der Waals surface area contributed by atoms with Crippen molar-refractivity contribution in [3.8, 4) is 0 Å². The van der Waals surface area contributed by atoms with E-state index in [-0.39, 0.29) is 5.92 Å². The molecule has 2 saturated carbocycles. The van der Waals surface area contributed by atoms with Crippen LogP contribution in [0.1, 0.15) is 26.7 Å². The van der Waals surface area contributed by atoms with Crippen molar-refractivity contribution < 1.29 is 9.53 Å². The molecule has 2 nitrogen and oxygen atoms in total. The van der Waals surface area contributed by atoms with Crippen LogP contribution in [0.2, 0.25) is 0 Å². The minimum Gasteiger partial charge on any atom is -0.501 e. The smallest absolute Gasteiger partial charge is 0.163 e. The number of allylic oxidation sites excluding steroid dienone is 4. The molecule has 0 aliphatic heterocycles. The molecule has 2 bridgehead atoms. The number of carbonyl (C=O) groups is 1. The van der Waals surface area contributed by atoms with E-state index in [4.69, 9.17) is 4.74 Å². The fraction of sp³-hybridized carbons (Fsp3) is 0.643. The number of fused-ring (bicyclic) bond motifs is 5. The highest BCUT2D eigenvalue weighted by atomic mass is 16.5. The van der Waals surface area contributed by atoms with Gasteiger partial charge in [0.1, 0.15) is 5.76 Å². The summed E-state index contributed by atoms with van der Waals surface area (Å²) in [7, 11) is 1.69. The molecule has 0 heterocycles. The summed E-state index contributed by atoms with van der Waals surface area (Å²) in [5.74, 6) is 2.89. The molecule has 0 N–H and O–H groups in total. The Labute approximate surface area is 96.4 Å². The van der Waals surface area contributed by atoms with Crippen LogP contribution < -0.4 is 0 Å². The number of rotatable bonds is 1. The standard InChI is InChI=1S/C14H18O2/c1-7(2)12-8-4-5-9(12)14-11(16-3)6-10(15)13(8)14/h6,8-9,13-14H,4-5H2,1-3H3/t8-,9-,13-,14-/m0/s1. The van der Waals surface area contributed by atoms with Crippen LogP contribution >= 0.6 is 0 Å². The molecule has 2 fully saturated rings. The van der Waals surface area contributed by atoms with Crippen molar-refractivity contribution in [1.82, 2.24) is 0 Å². The molecule has 16 heavy (non-hydrogen) atoms. The van der Waals surface area contributed by atoms with Gasteiger partial charge < -0.3 is 4.74 Å².